The molecule has 0 bridgehead atoms. The van der Waals surface area contributed by atoms with Crippen LogP contribution in [0.1, 0.15) is 6.92 Å². The first-order valence-electron chi connectivity index (χ1n) is 5.79. The number of methoxy groups -OCH3 is 1. The number of nitrogens with one attached hydrogen (secondary N) is 1. The molecule has 0 spiro atoms. The Morgan fingerprint density at radius 1 is 1.47 bits per heavy atom. The van der Waals surface area contributed by atoms with E-state index >= 15 is 0 Å². The Kier molecular flexibility index (Phi) is 4.29. The molecule has 0 unspecified atom stereocenters. The first-order chi connectivity index (χ1) is 9.15. The lowest BCUT2D eigenvalue weighted by molar-refractivity contribution is -0.158. The number of anilines is 1. The van der Waals surface area contributed by atoms with Crippen LogP contribution in [0, 0.1) is 0 Å². The molecule has 0 radical (unpaired) electrons. The first kappa shape index (κ1) is 13.7. The lowest BCUT2D eigenvalue weighted by Gasteiger charge is -2.15. The molecule has 102 valence electrons. The summed E-state index contributed by atoms with van der Waals surface area (Å²) in [6.45, 7) is 2.22. The van der Waals surface area contributed by atoms with Crippen molar-refractivity contribution in [3.63, 3.8) is 0 Å². The molecule has 1 aliphatic rings. The molecule has 1 heterocycles. The second kappa shape index (κ2) is 5.95. The van der Waals surface area contributed by atoms with Gasteiger partial charge in [-0.3, -0.25) is 0 Å². The summed E-state index contributed by atoms with van der Waals surface area (Å²) >= 11 is 5.91. The van der Waals surface area contributed by atoms with Crippen LogP contribution in [0.4, 0.5) is 5.69 Å². The quantitative estimate of drug-likeness (QED) is 0.841. The minimum Gasteiger partial charge on any atom is -0.497 e. The van der Waals surface area contributed by atoms with Gasteiger partial charge in [0.25, 0.3) is 0 Å². The molecule has 5 nitrogen and oxygen atoms in total. The number of esters is 1. The van der Waals surface area contributed by atoms with Gasteiger partial charge in [0.1, 0.15) is 11.4 Å². The molecule has 0 aliphatic carbocycles. The molecule has 0 saturated heterocycles. The fourth-order valence-corrected chi connectivity index (χ4v) is 1.84. The SMILES string of the molecule is CCO[C@H]1OC(=O)C(Cl)=C1Nc1cccc(OC)c1. The number of rotatable bonds is 5. The lowest BCUT2D eigenvalue weighted by Crippen LogP contribution is -2.20. The van der Waals surface area contributed by atoms with Crippen molar-refractivity contribution >= 4 is 23.3 Å². The zero-order valence-corrected chi connectivity index (χ0v) is 11.4. The summed E-state index contributed by atoms with van der Waals surface area (Å²) in [6.07, 6.45) is -0.795. The van der Waals surface area contributed by atoms with Gasteiger partial charge < -0.3 is 19.5 Å². The molecular weight excluding hydrogens is 270 g/mol. The average molecular weight is 284 g/mol. The molecule has 1 N–H and O–H groups in total. The molecule has 1 aromatic rings. The normalized spacial score (nSPS) is 18.5. The van der Waals surface area contributed by atoms with E-state index in [4.69, 9.17) is 25.8 Å². The summed E-state index contributed by atoms with van der Waals surface area (Å²) < 4.78 is 15.4. The smallest absolute Gasteiger partial charge is 0.354 e. The third-order valence-electron chi connectivity index (χ3n) is 2.53. The number of carbonyl (C=O) groups excluding carboxylic acids is 1. The molecular formula is C13H14ClNO4. The van der Waals surface area contributed by atoms with Gasteiger partial charge in [-0.2, -0.15) is 0 Å². The van der Waals surface area contributed by atoms with Crippen LogP contribution >= 0.6 is 11.6 Å². The summed E-state index contributed by atoms with van der Waals surface area (Å²) in [7, 11) is 1.58. The molecule has 1 aromatic carbocycles. The van der Waals surface area contributed by atoms with E-state index in [9.17, 15) is 4.79 Å². The number of benzene rings is 1. The van der Waals surface area contributed by atoms with Crippen molar-refractivity contribution in [1.29, 1.82) is 0 Å². The number of hydrogen-bond donors (Lipinski definition) is 1. The monoisotopic (exact) mass is 283 g/mol. The van der Waals surface area contributed by atoms with E-state index in [-0.39, 0.29) is 5.03 Å². The number of hydrogen-bond acceptors (Lipinski definition) is 5. The topological polar surface area (TPSA) is 56.8 Å². The molecule has 1 aliphatic heterocycles. The summed E-state index contributed by atoms with van der Waals surface area (Å²) in [5.41, 5.74) is 1.14. The number of halogens is 1. The third-order valence-corrected chi connectivity index (χ3v) is 2.89. The maximum absolute atomic E-state index is 11.4. The van der Waals surface area contributed by atoms with Crippen LogP contribution in [-0.2, 0) is 14.3 Å². The van der Waals surface area contributed by atoms with Gasteiger partial charge in [0.15, 0.2) is 5.03 Å². The Labute approximate surface area is 116 Å². The largest absolute Gasteiger partial charge is 0.497 e. The van der Waals surface area contributed by atoms with E-state index in [0.717, 1.165) is 5.69 Å². The second-order valence-corrected chi connectivity index (χ2v) is 4.16. The molecule has 19 heavy (non-hydrogen) atoms. The molecule has 6 heteroatoms. The van der Waals surface area contributed by atoms with Gasteiger partial charge >= 0.3 is 5.97 Å². The molecule has 0 amide bonds. The van der Waals surface area contributed by atoms with Crippen LogP contribution in [-0.4, -0.2) is 26.0 Å². The zero-order chi connectivity index (χ0) is 13.8. The van der Waals surface area contributed by atoms with E-state index in [2.05, 4.69) is 5.32 Å². The lowest BCUT2D eigenvalue weighted by atomic mass is 10.3. The molecule has 0 saturated carbocycles. The van der Waals surface area contributed by atoms with Gasteiger partial charge in [-0.15, -0.1) is 0 Å². The highest BCUT2D eigenvalue weighted by Crippen LogP contribution is 2.28. The minimum atomic E-state index is -0.795. The average Bonchev–Trinajstić information content (AvgIpc) is 2.67. The van der Waals surface area contributed by atoms with Crippen molar-refractivity contribution in [3.8, 4) is 5.75 Å². The first-order valence-corrected chi connectivity index (χ1v) is 6.16. The summed E-state index contributed by atoms with van der Waals surface area (Å²) in [6, 6.07) is 7.24. The fourth-order valence-electron chi connectivity index (χ4n) is 1.66. The van der Waals surface area contributed by atoms with Gasteiger partial charge in [-0.05, 0) is 19.1 Å². The standard InChI is InChI=1S/C13H14ClNO4/c1-3-18-13-11(10(14)12(16)19-13)15-8-5-4-6-9(7-8)17-2/h4-7,13,15H,3H2,1-2H3/t13-/m0/s1. The van der Waals surface area contributed by atoms with E-state index in [1.165, 1.54) is 0 Å². The number of carbonyl (C=O) groups is 1. The van der Waals surface area contributed by atoms with Crippen molar-refractivity contribution < 1.29 is 19.0 Å². The maximum atomic E-state index is 11.4. The van der Waals surface area contributed by atoms with Crippen LogP contribution in [0.3, 0.4) is 0 Å². The Hall–Kier alpha value is -1.72. The van der Waals surface area contributed by atoms with E-state index in [0.29, 0.717) is 18.1 Å². The predicted octanol–water partition coefficient (Wildman–Crippen LogP) is 2.48. The minimum absolute atomic E-state index is 0.00118. The van der Waals surface area contributed by atoms with Gasteiger partial charge in [0, 0.05) is 18.4 Å². The zero-order valence-electron chi connectivity index (χ0n) is 10.6. The van der Waals surface area contributed by atoms with Gasteiger partial charge in [-0.25, -0.2) is 4.79 Å². The number of cyclic esters (lactones) is 1. The molecule has 1 atom stereocenters. The van der Waals surface area contributed by atoms with Crippen molar-refractivity contribution in [3.05, 3.63) is 35.0 Å². The summed E-state index contributed by atoms with van der Waals surface area (Å²) in [5, 5.41) is 3.03. The molecule has 2 rings (SSSR count). The van der Waals surface area contributed by atoms with E-state index in [1.807, 2.05) is 25.1 Å². The predicted molar refractivity (Wildman–Crippen MR) is 71.0 cm³/mol. The van der Waals surface area contributed by atoms with Gasteiger partial charge in [0.05, 0.1) is 7.11 Å². The Morgan fingerprint density at radius 3 is 2.95 bits per heavy atom. The van der Waals surface area contributed by atoms with Crippen LogP contribution in [0.2, 0.25) is 0 Å². The Bertz CT molecular complexity index is 515. The van der Waals surface area contributed by atoms with Crippen molar-refractivity contribution in [2.24, 2.45) is 0 Å². The van der Waals surface area contributed by atoms with E-state index < -0.39 is 12.3 Å². The fraction of sp³-hybridized carbons (Fsp3) is 0.308. The Balaban J connectivity index is 2.21. The second-order valence-electron chi connectivity index (χ2n) is 3.78. The highest BCUT2D eigenvalue weighted by atomic mass is 35.5. The Morgan fingerprint density at radius 2 is 2.26 bits per heavy atom. The van der Waals surface area contributed by atoms with E-state index in [1.54, 1.807) is 13.2 Å². The van der Waals surface area contributed by atoms with Crippen LogP contribution in [0.25, 0.3) is 0 Å². The van der Waals surface area contributed by atoms with Crippen molar-refractivity contribution in [2.75, 3.05) is 19.0 Å². The van der Waals surface area contributed by atoms with Crippen LogP contribution in [0.15, 0.2) is 35.0 Å². The molecule has 0 fully saturated rings. The maximum Gasteiger partial charge on any atom is 0.354 e. The van der Waals surface area contributed by atoms with Crippen LogP contribution < -0.4 is 10.1 Å². The molecule has 0 aromatic heterocycles. The number of ether oxygens (including phenoxy) is 3. The van der Waals surface area contributed by atoms with Crippen molar-refractivity contribution in [2.45, 2.75) is 13.2 Å². The van der Waals surface area contributed by atoms with Gasteiger partial charge in [0.2, 0.25) is 6.29 Å². The highest BCUT2D eigenvalue weighted by molar-refractivity contribution is 6.42. The third kappa shape index (κ3) is 3.00. The highest BCUT2D eigenvalue weighted by Gasteiger charge is 2.34. The van der Waals surface area contributed by atoms with Crippen molar-refractivity contribution in [1.82, 2.24) is 0 Å². The summed E-state index contributed by atoms with van der Waals surface area (Å²) in [5.74, 6) is 0.102. The van der Waals surface area contributed by atoms with Gasteiger partial charge in [-0.1, -0.05) is 17.7 Å². The summed E-state index contributed by atoms with van der Waals surface area (Å²) in [4.78, 5) is 11.4. The van der Waals surface area contributed by atoms with Crippen LogP contribution in [0.5, 0.6) is 5.75 Å².